The van der Waals surface area contributed by atoms with Crippen molar-refractivity contribution in [3.8, 4) is 0 Å². The quantitative estimate of drug-likeness (QED) is 0.765. The summed E-state index contributed by atoms with van der Waals surface area (Å²) in [6.07, 6.45) is 5.18. The Morgan fingerprint density at radius 1 is 1.45 bits per heavy atom. The molecule has 20 heavy (non-hydrogen) atoms. The summed E-state index contributed by atoms with van der Waals surface area (Å²) in [4.78, 5) is 14.8. The van der Waals surface area contributed by atoms with E-state index >= 15 is 0 Å². The monoisotopic (exact) mass is 278 g/mol. The Morgan fingerprint density at radius 2 is 2.15 bits per heavy atom. The zero-order valence-electron chi connectivity index (χ0n) is 11.8. The first-order valence-corrected chi connectivity index (χ1v) is 7.10. The molecule has 0 aliphatic heterocycles. The summed E-state index contributed by atoms with van der Waals surface area (Å²) in [5.41, 5.74) is 0.365. The molecule has 1 aliphatic carbocycles. The molecule has 3 N–H and O–H groups in total. The molecule has 0 bridgehead atoms. The van der Waals surface area contributed by atoms with Crippen molar-refractivity contribution in [3.05, 3.63) is 29.6 Å². The number of carbonyl (C=O) groups is 1. The Morgan fingerprint density at radius 3 is 2.70 bits per heavy atom. The molecular formula is C15H22N2O3. The minimum absolute atomic E-state index is 0.189. The average molecular weight is 278 g/mol. The van der Waals surface area contributed by atoms with E-state index < -0.39 is 11.6 Å². The fraction of sp³-hybridized carbons (Fsp3) is 0.600. The van der Waals surface area contributed by atoms with Gasteiger partial charge in [0.1, 0.15) is 0 Å². The van der Waals surface area contributed by atoms with Gasteiger partial charge >= 0.3 is 5.97 Å². The summed E-state index contributed by atoms with van der Waals surface area (Å²) in [6, 6.07) is 3.24. The van der Waals surface area contributed by atoms with E-state index in [2.05, 4.69) is 17.2 Å². The first-order chi connectivity index (χ1) is 9.48. The van der Waals surface area contributed by atoms with Crippen LogP contribution in [0, 0.1) is 5.92 Å². The molecule has 1 aliphatic rings. The van der Waals surface area contributed by atoms with Crippen LogP contribution < -0.4 is 5.32 Å². The molecule has 0 radical (unpaired) electrons. The maximum atomic E-state index is 10.7. The van der Waals surface area contributed by atoms with Crippen molar-refractivity contribution in [2.24, 2.45) is 5.92 Å². The van der Waals surface area contributed by atoms with Crippen LogP contribution in [0.3, 0.4) is 0 Å². The Kier molecular flexibility index (Phi) is 4.73. The Bertz CT molecular complexity index is 451. The fourth-order valence-electron chi connectivity index (χ4n) is 2.56. The van der Waals surface area contributed by atoms with Crippen LogP contribution in [-0.4, -0.2) is 33.3 Å². The normalized spacial score (nSPS) is 26.4. The SMILES string of the molecule is CC1CCC(O)(CNCc2ccc(C(=O)O)cn2)CC1. The van der Waals surface area contributed by atoms with Crippen LogP contribution in [0.15, 0.2) is 18.3 Å². The highest BCUT2D eigenvalue weighted by Gasteiger charge is 2.31. The molecule has 5 heteroatoms. The summed E-state index contributed by atoms with van der Waals surface area (Å²) >= 11 is 0. The van der Waals surface area contributed by atoms with Gasteiger partial charge in [-0.15, -0.1) is 0 Å². The molecule has 1 fully saturated rings. The lowest BCUT2D eigenvalue weighted by molar-refractivity contribution is -0.00635. The molecule has 1 aromatic heterocycles. The number of carboxylic acids is 1. The van der Waals surface area contributed by atoms with Gasteiger partial charge in [0.15, 0.2) is 0 Å². The van der Waals surface area contributed by atoms with E-state index in [9.17, 15) is 9.90 Å². The molecule has 0 aromatic carbocycles. The number of rotatable bonds is 5. The number of hydrogen-bond donors (Lipinski definition) is 3. The average Bonchev–Trinajstić information content (AvgIpc) is 2.43. The number of nitrogens with zero attached hydrogens (tertiary/aromatic N) is 1. The summed E-state index contributed by atoms with van der Waals surface area (Å²) in [6.45, 7) is 3.32. The Balaban J connectivity index is 1.79. The van der Waals surface area contributed by atoms with Gasteiger partial charge in [0.05, 0.1) is 16.9 Å². The van der Waals surface area contributed by atoms with Crippen LogP contribution in [0.1, 0.15) is 48.7 Å². The standard InChI is InChI=1S/C15H22N2O3/c1-11-4-6-15(20,7-5-11)10-16-9-13-3-2-12(8-17-13)14(18)19/h2-3,8,11,16,20H,4-7,9-10H2,1H3,(H,18,19). The predicted octanol–water partition coefficient (Wildman–Crippen LogP) is 1.81. The van der Waals surface area contributed by atoms with E-state index in [4.69, 9.17) is 5.11 Å². The number of hydrogen-bond acceptors (Lipinski definition) is 4. The second-order valence-electron chi connectivity index (χ2n) is 5.85. The molecule has 0 amide bonds. The lowest BCUT2D eigenvalue weighted by atomic mass is 9.79. The van der Waals surface area contributed by atoms with E-state index in [1.165, 1.54) is 6.20 Å². The number of aromatic carboxylic acids is 1. The van der Waals surface area contributed by atoms with Crippen LogP contribution in [-0.2, 0) is 6.54 Å². The number of carboxylic acid groups (broad SMARTS) is 1. The lowest BCUT2D eigenvalue weighted by Gasteiger charge is -2.35. The van der Waals surface area contributed by atoms with Gasteiger partial charge in [-0.25, -0.2) is 4.79 Å². The molecule has 0 saturated heterocycles. The van der Waals surface area contributed by atoms with Crippen LogP contribution in [0.2, 0.25) is 0 Å². The summed E-state index contributed by atoms with van der Waals surface area (Å²) in [5.74, 6) is -0.261. The number of nitrogens with one attached hydrogen (secondary N) is 1. The lowest BCUT2D eigenvalue weighted by Crippen LogP contribution is -2.43. The van der Waals surface area contributed by atoms with Crippen molar-refractivity contribution >= 4 is 5.97 Å². The van der Waals surface area contributed by atoms with Gasteiger partial charge in [-0.3, -0.25) is 4.98 Å². The van der Waals surface area contributed by atoms with E-state index in [-0.39, 0.29) is 5.56 Å². The molecule has 1 saturated carbocycles. The van der Waals surface area contributed by atoms with Crippen LogP contribution in [0.4, 0.5) is 0 Å². The summed E-state index contributed by atoms with van der Waals surface area (Å²) < 4.78 is 0. The minimum Gasteiger partial charge on any atom is -0.478 e. The fourth-order valence-corrected chi connectivity index (χ4v) is 2.56. The molecule has 0 atom stereocenters. The van der Waals surface area contributed by atoms with Crippen LogP contribution >= 0.6 is 0 Å². The minimum atomic E-state index is -0.970. The third-order valence-corrected chi connectivity index (χ3v) is 4.04. The molecule has 1 aromatic rings. The zero-order chi connectivity index (χ0) is 14.6. The first-order valence-electron chi connectivity index (χ1n) is 7.10. The summed E-state index contributed by atoms with van der Waals surface area (Å²) in [7, 11) is 0. The van der Waals surface area contributed by atoms with Crippen molar-refractivity contribution in [2.45, 2.75) is 44.8 Å². The molecule has 0 spiro atoms. The number of aliphatic hydroxyl groups is 1. The first kappa shape index (κ1) is 14.9. The molecule has 1 heterocycles. The van der Waals surface area contributed by atoms with Gasteiger partial charge < -0.3 is 15.5 Å². The van der Waals surface area contributed by atoms with E-state index in [1.54, 1.807) is 12.1 Å². The highest BCUT2D eigenvalue weighted by atomic mass is 16.4. The van der Waals surface area contributed by atoms with Crippen LogP contribution in [0.5, 0.6) is 0 Å². The Hall–Kier alpha value is -1.46. The summed E-state index contributed by atoms with van der Waals surface area (Å²) in [5, 5.41) is 22.4. The van der Waals surface area contributed by atoms with Gasteiger partial charge in [0.25, 0.3) is 0 Å². The van der Waals surface area contributed by atoms with Gasteiger partial charge in [-0.05, 0) is 43.7 Å². The maximum absolute atomic E-state index is 10.7. The van der Waals surface area contributed by atoms with E-state index in [0.717, 1.165) is 31.4 Å². The van der Waals surface area contributed by atoms with Gasteiger partial charge in [0, 0.05) is 19.3 Å². The third-order valence-electron chi connectivity index (χ3n) is 4.04. The number of aromatic nitrogens is 1. The largest absolute Gasteiger partial charge is 0.478 e. The van der Waals surface area contributed by atoms with Crippen molar-refractivity contribution in [1.29, 1.82) is 0 Å². The van der Waals surface area contributed by atoms with Crippen molar-refractivity contribution in [1.82, 2.24) is 10.3 Å². The second kappa shape index (κ2) is 6.33. The van der Waals surface area contributed by atoms with Gasteiger partial charge in [-0.2, -0.15) is 0 Å². The van der Waals surface area contributed by atoms with E-state index in [1.807, 2.05) is 0 Å². The van der Waals surface area contributed by atoms with E-state index in [0.29, 0.717) is 19.0 Å². The molecule has 5 nitrogen and oxygen atoms in total. The highest BCUT2D eigenvalue weighted by Crippen LogP contribution is 2.31. The highest BCUT2D eigenvalue weighted by molar-refractivity contribution is 5.87. The molecule has 0 unspecified atom stereocenters. The number of pyridine rings is 1. The molecule has 2 rings (SSSR count). The second-order valence-corrected chi connectivity index (χ2v) is 5.85. The van der Waals surface area contributed by atoms with Crippen molar-refractivity contribution in [2.75, 3.05) is 6.54 Å². The van der Waals surface area contributed by atoms with Gasteiger partial charge in [0.2, 0.25) is 0 Å². The van der Waals surface area contributed by atoms with Crippen molar-refractivity contribution in [3.63, 3.8) is 0 Å². The van der Waals surface area contributed by atoms with Gasteiger partial charge in [-0.1, -0.05) is 6.92 Å². The van der Waals surface area contributed by atoms with Crippen molar-refractivity contribution < 1.29 is 15.0 Å². The molecule has 110 valence electrons. The molecular weight excluding hydrogens is 256 g/mol. The smallest absolute Gasteiger partial charge is 0.337 e. The maximum Gasteiger partial charge on any atom is 0.337 e. The Labute approximate surface area is 119 Å². The van der Waals surface area contributed by atoms with Crippen LogP contribution in [0.25, 0.3) is 0 Å². The predicted molar refractivity (Wildman–Crippen MR) is 75.5 cm³/mol. The topological polar surface area (TPSA) is 82.5 Å². The zero-order valence-corrected chi connectivity index (χ0v) is 11.8. The third kappa shape index (κ3) is 4.02.